The Bertz CT molecular complexity index is 1040. The van der Waals surface area contributed by atoms with E-state index in [1.165, 1.54) is 11.3 Å². The van der Waals surface area contributed by atoms with Crippen molar-refractivity contribution in [3.63, 3.8) is 0 Å². The molecule has 3 heterocycles. The predicted octanol–water partition coefficient (Wildman–Crippen LogP) is 3.97. The Labute approximate surface area is 173 Å². The van der Waals surface area contributed by atoms with E-state index in [9.17, 15) is 4.79 Å². The minimum atomic E-state index is -0.148. The largest absolute Gasteiger partial charge is 0.353 e. The summed E-state index contributed by atoms with van der Waals surface area (Å²) in [5, 5.41) is 4.51. The van der Waals surface area contributed by atoms with E-state index < -0.39 is 0 Å². The quantitative estimate of drug-likeness (QED) is 0.701. The van der Waals surface area contributed by atoms with E-state index in [1.54, 1.807) is 12.1 Å². The van der Waals surface area contributed by atoms with Crippen LogP contribution < -0.4 is 10.2 Å². The van der Waals surface area contributed by atoms with Gasteiger partial charge in [0, 0.05) is 36.9 Å². The number of carbonyl (C=O) groups is 1. The zero-order valence-corrected chi connectivity index (χ0v) is 17.7. The summed E-state index contributed by atoms with van der Waals surface area (Å²) in [5.41, 5.74) is 1.60. The number of rotatable bonds is 3. The van der Waals surface area contributed by atoms with E-state index in [0.717, 1.165) is 53.6 Å². The summed E-state index contributed by atoms with van der Waals surface area (Å²) in [6.07, 6.45) is 0. The van der Waals surface area contributed by atoms with Gasteiger partial charge in [-0.2, -0.15) is 0 Å². The fraction of sp³-hybridized carbons (Fsp3) is 0.350. The second-order valence-electron chi connectivity index (χ2n) is 7.09. The molecule has 8 heteroatoms. The van der Waals surface area contributed by atoms with Crippen molar-refractivity contribution < 1.29 is 4.79 Å². The maximum Gasteiger partial charge on any atom is 0.266 e. The molecule has 1 fully saturated rings. The molecule has 0 aliphatic carbocycles. The second kappa shape index (κ2) is 7.66. The number of piperazine rings is 1. The second-order valence-corrected chi connectivity index (χ2v) is 8.52. The normalized spacial score (nSPS) is 15.2. The molecule has 0 radical (unpaired) electrons. The first kappa shape index (κ1) is 19.1. The van der Waals surface area contributed by atoms with Crippen molar-refractivity contribution >= 4 is 50.6 Å². The molecule has 0 spiro atoms. The lowest BCUT2D eigenvalue weighted by Crippen LogP contribution is -2.45. The van der Waals surface area contributed by atoms with Gasteiger partial charge < -0.3 is 15.1 Å². The molecule has 146 valence electrons. The van der Waals surface area contributed by atoms with Crippen LogP contribution in [0.2, 0.25) is 5.02 Å². The molecule has 1 aliphatic heterocycles. The van der Waals surface area contributed by atoms with Crippen LogP contribution in [0.25, 0.3) is 10.2 Å². The third kappa shape index (κ3) is 3.70. The van der Waals surface area contributed by atoms with Crippen molar-refractivity contribution in [1.29, 1.82) is 0 Å². The number of aryl methyl sites for hydroxylation is 2. The minimum absolute atomic E-state index is 0.148. The topological polar surface area (TPSA) is 61.4 Å². The Morgan fingerprint density at radius 2 is 1.93 bits per heavy atom. The standard InChI is InChI=1S/C20H22ClN5OS/c1-12-16-18(26-9-7-25(3)8-10-26)22-13(2)23-20(16)28-17(12)19(27)24-15-6-4-5-14(21)11-15/h4-6,11H,7-10H2,1-3H3,(H,24,27). The molecule has 1 aromatic carbocycles. The molecule has 1 aliphatic rings. The average molecular weight is 416 g/mol. The fourth-order valence-corrected chi connectivity index (χ4v) is 4.75. The van der Waals surface area contributed by atoms with Gasteiger partial charge in [0.2, 0.25) is 0 Å². The Kier molecular flexibility index (Phi) is 5.23. The number of nitrogens with zero attached hydrogens (tertiary/aromatic N) is 4. The van der Waals surface area contributed by atoms with E-state index in [4.69, 9.17) is 16.6 Å². The van der Waals surface area contributed by atoms with Crippen LogP contribution in [0.3, 0.4) is 0 Å². The van der Waals surface area contributed by atoms with Crippen molar-refractivity contribution in [2.75, 3.05) is 43.4 Å². The number of hydrogen-bond donors (Lipinski definition) is 1. The third-order valence-electron chi connectivity index (χ3n) is 4.97. The number of anilines is 2. The van der Waals surface area contributed by atoms with Gasteiger partial charge in [-0.3, -0.25) is 4.79 Å². The van der Waals surface area contributed by atoms with Crippen LogP contribution >= 0.6 is 22.9 Å². The first-order chi connectivity index (χ1) is 13.4. The summed E-state index contributed by atoms with van der Waals surface area (Å²) in [7, 11) is 2.13. The molecule has 4 rings (SSSR count). The van der Waals surface area contributed by atoms with Crippen molar-refractivity contribution in [2.24, 2.45) is 0 Å². The molecular weight excluding hydrogens is 394 g/mol. The molecule has 0 atom stereocenters. The van der Waals surface area contributed by atoms with Crippen LogP contribution in [0.15, 0.2) is 24.3 Å². The maximum absolute atomic E-state index is 12.9. The Hall–Kier alpha value is -2.22. The number of likely N-dealkylation sites (N-methyl/N-ethyl adjacent to an activating group) is 1. The van der Waals surface area contributed by atoms with Crippen LogP contribution in [-0.4, -0.2) is 54.0 Å². The molecule has 0 unspecified atom stereocenters. The van der Waals surface area contributed by atoms with Gasteiger partial charge in [0.05, 0.1) is 10.3 Å². The van der Waals surface area contributed by atoms with Crippen LogP contribution in [0.1, 0.15) is 21.1 Å². The first-order valence-corrected chi connectivity index (χ1v) is 10.4. The molecule has 28 heavy (non-hydrogen) atoms. The number of thiophene rings is 1. The van der Waals surface area contributed by atoms with E-state index >= 15 is 0 Å². The van der Waals surface area contributed by atoms with Gasteiger partial charge in [0.1, 0.15) is 16.5 Å². The highest BCUT2D eigenvalue weighted by molar-refractivity contribution is 7.20. The summed E-state index contributed by atoms with van der Waals surface area (Å²) in [6.45, 7) is 7.71. The lowest BCUT2D eigenvalue weighted by atomic mass is 10.1. The van der Waals surface area contributed by atoms with Gasteiger partial charge in [-0.15, -0.1) is 11.3 Å². The summed E-state index contributed by atoms with van der Waals surface area (Å²) in [6, 6.07) is 7.16. The van der Waals surface area contributed by atoms with Gasteiger partial charge in [-0.25, -0.2) is 9.97 Å². The molecule has 1 amide bonds. The molecule has 0 saturated carbocycles. The van der Waals surface area contributed by atoms with Gasteiger partial charge in [-0.1, -0.05) is 17.7 Å². The van der Waals surface area contributed by atoms with E-state index in [2.05, 4.69) is 27.1 Å². The number of aromatic nitrogens is 2. The number of amides is 1. The smallest absolute Gasteiger partial charge is 0.266 e. The molecule has 2 aromatic heterocycles. The van der Waals surface area contributed by atoms with Gasteiger partial charge in [0.25, 0.3) is 5.91 Å². The Balaban J connectivity index is 1.72. The van der Waals surface area contributed by atoms with Crippen LogP contribution in [0, 0.1) is 13.8 Å². The number of benzene rings is 1. The van der Waals surface area contributed by atoms with Crippen LogP contribution in [0.5, 0.6) is 0 Å². The average Bonchev–Trinajstić information content (AvgIpc) is 2.98. The van der Waals surface area contributed by atoms with E-state index in [0.29, 0.717) is 15.6 Å². The lowest BCUT2D eigenvalue weighted by Gasteiger charge is -2.33. The van der Waals surface area contributed by atoms with Crippen LogP contribution in [0.4, 0.5) is 11.5 Å². The number of carbonyl (C=O) groups excluding carboxylic acids is 1. The molecule has 1 N–H and O–H groups in total. The zero-order valence-electron chi connectivity index (χ0n) is 16.1. The SMILES string of the molecule is Cc1nc(N2CCN(C)CC2)c2c(C)c(C(=O)Nc3cccc(Cl)c3)sc2n1. The van der Waals surface area contributed by atoms with Crippen LogP contribution in [-0.2, 0) is 0 Å². The lowest BCUT2D eigenvalue weighted by molar-refractivity contribution is 0.103. The number of nitrogens with one attached hydrogen (secondary N) is 1. The highest BCUT2D eigenvalue weighted by atomic mass is 35.5. The van der Waals surface area contributed by atoms with E-state index in [1.807, 2.05) is 26.0 Å². The summed E-state index contributed by atoms with van der Waals surface area (Å²) >= 11 is 7.44. The highest BCUT2D eigenvalue weighted by Crippen LogP contribution is 2.36. The summed E-state index contributed by atoms with van der Waals surface area (Å²) in [4.78, 5) is 28.4. The molecule has 1 saturated heterocycles. The van der Waals surface area contributed by atoms with Crippen molar-refractivity contribution in [3.8, 4) is 0 Å². The monoisotopic (exact) mass is 415 g/mol. The predicted molar refractivity (Wildman–Crippen MR) is 116 cm³/mol. The van der Waals surface area contributed by atoms with Gasteiger partial charge in [-0.05, 0) is 44.7 Å². The number of hydrogen-bond acceptors (Lipinski definition) is 6. The fourth-order valence-electron chi connectivity index (χ4n) is 3.44. The highest BCUT2D eigenvalue weighted by Gasteiger charge is 2.24. The van der Waals surface area contributed by atoms with Crippen molar-refractivity contribution in [2.45, 2.75) is 13.8 Å². The molecule has 0 bridgehead atoms. The molecular formula is C20H22ClN5OS. The number of halogens is 1. The van der Waals surface area contributed by atoms with Gasteiger partial charge >= 0.3 is 0 Å². The molecule has 6 nitrogen and oxygen atoms in total. The Morgan fingerprint density at radius 3 is 2.64 bits per heavy atom. The van der Waals surface area contributed by atoms with Crippen molar-refractivity contribution in [3.05, 3.63) is 45.6 Å². The zero-order chi connectivity index (χ0) is 19.8. The summed E-state index contributed by atoms with van der Waals surface area (Å²) in [5.74, 6) is 1.51. The van der Waals surface area contributed by atoms with Gasteiger partial charge in [0.15, 0.2) is 0 Å². The molecule has 3 aromatic rings. The minimum Gasteiger partial charge on any atom is -0.353 e. The summed E-state index contributed by atoms with van der Waals surface area (Å²) < 4.78 is 0. The van der Waals surface area contributed by atoms with Crippen molar-refractivity contribution in [1.82, 2.24) is 14.9 Å². The Morgan fingerprint density at radius 1 is 1.18 bits per heavy atom. The first-order valence-electron chi connectivity index (χ1n) is 9.20. The maximum atomic E-state index is 12.9. The number of fused-ring (bicyclic) bond motifs is 1. The third-order valence-corrected chi connectivity index (χ3v) is 6.39. The van der Waals surface area contributed by atoms with E-state index in [-0.39, 0.29) is 5.91 Å².